The molecule has 1 saturated heterocycles. The van der Waals surface area contributed by atoms with Crippen LogP contribution in [0.1, 0.15) is 56.1 Å². The molecule has 28 heavy (non-hydrogen) atoms. The van der Waals surface area contributed by atoms with E-state index in [1.54, 1.807) is 0 Å². The van der Waals surface area contributed by atoms with Crippen LogP contribution in [-0.2, 0) is 17.9 Å². The maximum absolute atomic E-state index is 12.7. The molecule has 1 amide bonds. The van der Waals surface area contributed by atoms with Crippen LogP contribution in [-0.4, -0.2) is 29.9 Å². The van der Waals surface area contributed by atoms with E-state index in [0.29, 0.717) is 18.4 Å². The van der Waals surface area contributed by atoms with Gasteiger partial charge in [-0.3, -0.25) is 9.69 Å². The molecule has 4 atom stereocenters. The summed E-state index contributed by atoms with van der Waals surface area (Å²) in [6, 6.07) is 8.78. The lowest BCUT2D eigenvalue weighted by atomic mass is 9.84. The minimum absolute atomic E-state index is 0. The summed E-state index contributed by atoms with van der Waals surface area (Å²) in [6.07, 6.45) is 8.93. The molecule has 4 rings (SSSR count). The van der Waals surface area contributed by atoms with Crippen LogP contribution in [0.2, 0.25) is 0 Å². The van der Waals surface area contributed by atoms with Crippen LogP contribution in [0.4, 0.5) is 0 Å². The van der Waals surface area contributed by atoms with E-state index in [1.165, 1.54) is 62.7 Å². The van der Waals surface area contributed by atoms with Gasteiger partial charge in [-0.2, -0.15) is 0 Å². The van der Waals surface area contributed by atoms with Crippen LogP contribution < -0.4 is 11.1 Å². The molecule has 1 aromatic carbocycles. The third kappa shape index (κ3) is 5.41. The minimum Gasteiger partial charge on any atom is -0.352 e. The highest BCUT2D eigenvalue weighted by Gasteiger charge is 2.48. The third-order valence-corrected chi connectivity index (χ3v) is 6.85. The largest absolute Gasteiger partial charge is 0.352 e. The maximum atomic E-state index is 12.7. The average Bonchev–Trinajstić information content (AvgIpc) is 3.14. The summed E-state index contributed by atoms with van der Waals surface area (Å²) in [7, 11) is 0. The molecular formula is C22H35Cl2N3O. The lowest BCUT2D eigenvalue weighted by molar-refractivity contribution is -0.127. The fraction of sp³-hybridized carbons (Fsp3) is 0.682. The van der Waals surface area contributed by atoms with E-state index >= 15 is 0 Å². The third-order valence-electron chi connectivity index (χ3n) is 6.85. The van der Waals surface area contributed by atoms with Crippen molar-refractivity contribution >= 4 is 30.7 Å². The number of amides is 1. The number of halogens is 2. The fourth-order valence-corrected chi connectivity index (χ4v) is 5.42. The van der Waals surface area contributed by atoms with Crippen molar-refractivity contribution in [3.05, 3.63) is 35.4 Å². The summed E-state index contributed by atoms with van der Waals surface area (Å²) in [5.74, 6) is 1.30. The smallest absolute Gasteiger partial charge is 0.225 e. The molecule has 4 nitrogen and oxygen atoms in total. The number of fused-ring (bicyclic) bond motifs is 2. The van der Waals surface area contributed by atoms with Gasteiger partial charge in [-0.15, -0.1) is 24.8 Å². The van der Waals surface area contributed by atoms with Gasteiger partial charge in [0.2, 0.25) is 5.91 Å². The first-order valence-electron chi connectivity index (χ1n) is 10.5. The number of likely N-dealkylation sites (tertiary alicyclic amines) is 1. The zero-order valence-corrected chi connectivity index (χ0v) is 18.3. The summed E-state index contributed by atoms with van der Waals surface area (Å²) >= 11 is 0. The highest BCUT2D eigenvalue weighted by molar-refractivity contribution is 5.85. The van der Waals surface area contributed by atoms with E-state index in [4.69, 9.17) is 5.73 Å². The second kappa shape index (κ2) is 10.8. The van der Waals surface area contributed by atoms with Crippen molar-refractivity contribution in [3.63, 3.8) is 0 Å². The molecule has 2 bridgehead atoms. The molecule has 2 aliphatic carbocycles. The topological polar surface area (TPSA) is 58.4 Å². The molecular weight excluding hydrogens is 393 g/mol. The van der Waals surface area contributed by atoms with E-state index in [9.17, 15) is 4.79 Å². The van der Waals surface area contributed by atoms with Crippen molar-refractivity contribution in [2.24, 2.45) is 23.5 Å². The SMILES string of the molecule is Cl.Cl.NC1C2CCC(C2)C1C(=O)NCc1cccc(CN2CCCCCC2)c1. The predicted molar refractivity (Wildman–Crippen MR) is 119 cm³/mol. The Balaban J connectivity index is 0.00000140. The molecule has 3 N–H and O–H groups in total. The molecule has 6 heteroatoms. The van der Waals surface area contributed by atoms with Crippen LogP contribution >= 0.6 is 24.8 Å². The van der Waals surface area contributed by atoms with Gasteiger partial charge < -0.3 is 11.1 Å². The van der Waals surface area contributed by atoms with Gasteiger partial charge in [0.1, 0.15) is 0 Å². The quantitative estimate of drug-likeness (QED) is 0.748. The van der Waals surface area contributed by atoms with Crippen LogP contribution in [0.5, 0.6) is 0 Å². The Morgan fingerprint density at radius 3 is 2.39 bits per heavy atom. The Bertz CT molecular complexity index is 632. The second-order valence-corrected chi connectivity index (χ2v) is 8.66. The maximum Gasteiger partial charge on any atom is 0.225 e. The highest BCUT2D eigenvalue weighted by Crippen LogP contribution is 2.47. The summed E-state index contributed by atoms with van der Waals surface area (Å²) in [6.45, 7) is 4.07. The number of rotatable bonds is 5. The van der Waals surface area contributed by atoms with Crippen molar-refractivity contribution in [2.75, 3.05) is 13.1 Å². The molecule has 0 spiro atoms. The molecule has 2 saturated carbocycles. The van der Waals surface area contributed by atoms with E-state index < -0.39 is 0 Å². The Morgan fingerprint density at radius 1 is 1.04 bits per heavy atom. The lowest BCUT2D eigenvalue weighted by Crippen LogP contribution is -2.45. The summed E-state index contributed by atoms with van der Waals surface area (Å²) in [5, 5.41) is 3.16. The number of nitrogens with one attached hydrogen (secondary N) is 1. The van der Waals surface area contributed by atoms with Gasteiger partial charge in [0.05, 0.1) is 5.92 Å². The van der Waals surface area contributed by atoms with Crippen LogP contribution in [0, 0.1) is 17.8 Å². The molecule has 1 aromatic rings. The average molecular weight is 428 g/mol. The van der Waals surface area contributed by atoms with Gasteiger partial charge in [0.25, 0.3) is 0 Å². The Kier molecular flexibility index (Phi) is 9.07. The second-order valence-electron chi connectivity index (χ2n) is 8.66. The van der Waals surface area contributed by atoms with Gasteiger partial charge in [-0.25, -0.2) is 0 Å². The highest BCUT2D eigenvalue weighted by atomic mass is 35.5. The van der Waals surface area contributed by atoms with Gasteiger partial charge in [0, 0.05) is 19.1 Å². The predicted octanol–water partition coefficient (Wildman–Crippen LogP) is 3.90. The molecule has 0 radical (unpaired) electrons. The molecule has 4 unspecified atom stereocenters. The van der Waals surface area contributed by atoms with Crippen molar-refractivity contribution in [2.45, 2.75) is 64.1 Å². The zero-order chi connectivity index (χ0) is 17.9. The molecule has 3 aliphatic rings. The number of nitrogens with two attached hydrogens (primary N) is 1. The fourth-order valence-electron chi connectivity index (χ4n) is 5.42. The van der Waals surface area contributed by atoms with Gasteiger partial charge >= 0.3 is 0 Å². The lowest BCUT2D eigenvalue weighted by Gasteiger charge is -2.27. The number of carbonyl (C=O) groups is 1. The number of carbonyl (C=O) groups excluding carboxylic acids is 1. The first kappa shape index (κ1) is 23.5. The zero-order valence-electron chi connectivity index (χ0n) is 16.6. The molecule has 3 fully saturated rings. The summed E-state index contributed by atoms with van der Waals surface area (Å²) in [4.78, 5) is 15.2. The van der Waals surface area contributed by atoms with Crippen molar-refractivity contribution in [1.29, 1.82) is 0 Å². The van der Waals surface area contributed by atoms with Crippen LogP contribution in [0.3, 0.4) is 0 Å². The van der Waals surface area contributed by atoms with Crippen molar-refractivity contribution in [1.82, 2.24) is 10.2 Å². The van der Waals surface area contributed by atoms with Gasteiger partial charge in [-0.1, -0.05) is 37.1 Å². The van der Waals surface area contributed by atoms with Crippen LogP contribution in [0.25, 0.3) is 0 Å². The molecule has 1 heterocycles. The molecule has 1 aliphatic heterocycles. The minimum atomic E-state index is 0. The first-order valence-corrected chi connectivity index (χ1v) is 10.5. The Morgan fingerprint density at radius 2 is 1.71 bits per heavy atom. The standard InChI is InChI=1S/C22H33N3O.2ClH/c23-21-19-9-8-18(13-19)20(21)22(26)24-14-16-6-5-7-17(12-16)15-25-10-3-1-2-4-11-25;;/h5-7,12,18-21H,1-4,8-11,13-15,23H2,(H,24,26);2*1H. The number of nitrogens with zero attached hydrogens (tertiary/aromatic N) is 1. The summed E-state index contributed by atoms with van der Waals surface area (Å²) < 4.78 is 0. The Hall–Kier alpha value is -0.810. The number of benzene rings is 1. The summed E-state index contributed by atoms with van der Waals surface area (Å²) in [5.41, 5.74) is 8.86. The normalized spacial score (nSPS) is 29.5. The van der Waals surface area contributed by atoms with E-state index in [-0.39, 0.29) is 42.7 Å². The number of hydrogen-bond donors (Lipinski definition) is 2. The number of hydrogen-bond acceptors (Lipinski definition) is 3. The van der Waals surface area contributed by atoms with E-state index in [2.05, 4.69) is 34.5 Å². The first-order chi connectivity index (χ1) is 12.7. The van der Waals surface area contributed by atoms with Crippen molar-refractivity contribution < 1.29 is 4.79 Å². The van der Waals surface area contributed by atoms with Gasteiger partial charge in [-0.05, 0) is 68.2 Å². The monoisotopic (exact) mass is 427 g/mol. The van der Waals surface area contributed by atoms with E-state index in [1.807, 2.05) is 0 Å². The van der Waals surface area contributed by atoms with Gasteiger partial charge in [0.15, 0.2) is 0 Å². The van der Waals surface area contributed by atoms with Crippen LogP contribution in [0.15, 0.2) is 24.3 Å². The molecule has 158 valence electrons. The van der Waals surface area contributed by atoms with E-state index in [0.717, 1.165) is 13.0 Å². The Labute approximate surface area is 181 Å². The van der Waals surface area contributed by atoms with Crippen molar-refractivity contribution in [3.8, 4) is 0 Å². The molecule has 0 aromatic heterocycles.